The number of ketones is 1. The van der Waals surface area contributed by atoms with Gasteiger partial charge < -0.3 is 14.6 Å². The molecule has 0 amide bonds. The molecule has 5 heteroatoms. The number of hydrogen-bond donors (Lipinski definition) is 1. The van der Waals surface area contributed by atoms with Crippen molar-refractivity contribution >= 4 is 5.78 Å². The van der Waals surface area contributed by atoms with Crippen LogP contribution in [-0.4, -0.2) is 42.7 Å². The second kappa shape index (κ2) is 7.47. The molecule has 0 unspecified atom stereocenters. The molecular weight excluding hydrogens is 306 g/mol. The minimum atomic E-state index is -0.477. The number of nitrogens with zero attached hydrogens (tertiary/aromatic N) is 1. The lowest BCUT2D eigenvalue weighted by Gasteiger charge is -2.19. The van der Waals surface area contributed by atoms with Gasteiger partial charge in [-0.15, -0.1) is 0 Å². The van der Waals surface area contributed by atoms with Crippen molar-refractivity contribution in [1.29, 1.82) is 0 Å². The first kappa shape index (κ1) is 16.5. The van der Waals surface area contributed by atoms with Gasteiger partial charge in [-0.05, 0) is 35.9 Å². The third-order valence-corrected chi connectivity index (χ3v) is 4.15. The maximum atomic E-state index is 11.7. The van der Waals surface area contributed by atoms with Gasteiger partial charge in [-0.2, -0.15) is 0 Å². The lowest BCUT2D eigenvalue weighted by Crippen LogP contribution is -2.25. The van der Waals surface area contributed by atoms with Crippen molar-refractivity contribution in [3.63, 3.8) is 0 Å². The Morgan fingerprint density at radius 2 is 2.04 bits per heavy atom. The van der Waals surface area contributed by atoms with Gasteiger partial charge in [0, 0.05) is 30.8 Å². The van der Waals surface area contributed by atoms with Crippen LogP contribution in [0.25, 0.3) is 0 Å². The SMILES string of the molecule is COc1ccc(CN2CCOc3ccc(C(=O)CO)cc3C2)cc1. The van der Waals surface area contributed by atoms with E-state index in [4.69, 9.17) is 14.6 Å². The fraction of sp³-hybridized carbons (Fsp3) is 0.316. The van der Waals surface area contributed by atoms with Crippen LogP contribution in [0.4, 0.5) is 0 Å². The monoisotopic (exact) mass is 327 g/mol. The van der Waals surface area contributed by atoms with E-state index in [-0.39, 0.29) is 5.78 Å². The molecule has 0 spiro atoms. The summed E-state index contributed by atoms with van der Waals surface area (Å²) in [6.45, 7) is 2.44. The van der Waals surface area contributed by atoms with E-state index in [9.17, 15) is 4.79 Å². The summed E-state index contributed by atoms with van der Waals surface area (Å²) in [5.74, 6) is 1.38. The molecule has 2 aromatic carbocycles. The van der Waals surface area contributed by atoms with E-state index in [1.54, 1.807) is 13.2 Å². The molecule has 5 nitrogen and oxygen atoms in total. The molecule has 0 saturated carbocycles. The largest absolute Gasteiger partial charge is 0.497 e. The average Bonchev–Trinajstić information content (AvgIpc) is 2.82. The third-order valence-electron chi connectivity index (χ3n) is 4.15. The Balaban J connectivity index is 1.76. The number of hydrogen-bond acceptors (Lipinski definition) is 5. The van der Waals surface area contributed by atoms with E-state index < -0.39 is 6.61 Å². The Morgan fingerprint density at radius 1 is 1.25 bits per heavy atom. The second-order valence-corrected chi connectivity index (χ2v) is 5.81. The molecule has 0 radical (unpaired) electrons. The average molecular weight is 327 g/mol. The summed E-state index contributed by atoms with van der Waals surface area (Å²) < 4.78 is 11.0. The highest BCUT2D eigenvalue weighted by molar-refractivity contribution is 5.97. The van der Waals surface area contributed by atoms with Crippen molar-refractivity contribution in [1.82, 2.24) is 4.90 Å². The smallest absolute Gasteiger partial charge is 0.188 e. The molecule has 0 fully saturated rings. The molecule has 1 heterocycles. The maximum absolute atomic E-state index is 11.7. The van der Waals surface area contributed by atoms with Crippen molar-refractivity contribution in [2.45, 2.75) is 13.1 Å². The summed E-state index contributed by atoms with van der Waals surface area (Å²) in [6, 6.07) is 13.4. The highest BCUT2D eigenvalue weighted by atomic mass is 16.5. The van der Waals surface area contributed by atoms with E-state index in [1.165, 1.54) is 5.56 Å². The second-order valence-electron chi connectivity index (χ2n) is 5.81. The summed E-state index contributed by atoms with van der Waals surface area (Å²) in [7, 11) is 1.66. The van der Waals surface area contributed by atoms with Gasteiger partial charge in [0.15, 0.2) is 5.78 Å². The van der Waals surface area contributed by atoms with E-state index in [1.807, 2.05) is 24.3 Å². The topological polar surface area (TPSA) is 59.0 Å². The zero-order chi connectivity index (χ0) is 16.9. The van der Waals surface area contributed by atoms with E-state index in [2.05, 4.69) is 17.0 Å². The van der Waals surface area contributed by atoms with Gasteiger partial charge >= 0.3 is 0 Å². The van der Waals surface area contributed by atoms with Crippen LogP contribution in [-0.2, 0) is 13.1 Å². The molecule has 1 aliphatic rings. The summed E-state index contributed by atoms with van der Waals surface area (Å²) in [4.78, 5) is 14.0. The normalized spacial score (nSPS) is 14.4. The molecule has 24 heavy (non-hydrogen) atoms. The van der Waals surface area contributed by atoms with Crippen LogP contribution in [0.5, 0.6) is 11.5 Å². The number of methoxy groups -OCH3 is 1. The fourth-order valence-corrected chi connectivity index (χ4v) is 2.84. The highest BCUT2D eigenvalue weighted by Crippen LogP contribution is 2.25. The quantitative estimate of drug-likeness (QED) is 0.854. The summed E-state index contributed by atoms with van der Waals surface area (Å²) in [6.07, 6.45) is 0. The van der Waals surface area contributed by atoms with Crippen LogP contribution in [0.3, 0.4) is 0 Å². The molecule has 2 aromatic rings. The molecule has 0 saturated heterocycles. The zero-order valence-electron chi connectivity index (χ0n) is 13.7. The lowest BCUT2D eigenvalue weighted by atomic mass is 10.1. The summed E-state index contributed by atoms with van der Waals surface area (Å²) >= 11 is 0. The van der Waals surface area contributed by atoms with Crippen LogP contribution in [0, 0.1) is 0 Å². The number of carbonyl (C=O) groups is 1. The number of Topliss-reactive ketones (excluding diaryl/α,β-unsaturated/α-hetero) is 1. The Bertz CT molecular complexity index is 712. The maximum Gasteiger partial charge on any atom is 0.188 e. The standard InChI is InChI=1S/C19H21NO4/c1-23-17-5-2-14(3-6-17)11-20-8-9-24-19-7-4-15(18(22)13-21)10-16(19)12-20/h2-7,10,21H,8-9,11-13H2,1H3. The minimum Gasteiger partial charge on any atom is -0.497 e. The molecule has 1 N–H and O–H groups in total. The Labute approximate surface area is 141 Å². The molecule has 0 aromatic heterocycles. The third kappa shape index (κ3) is 3.75. The molecule has 0 atom stereocenters. The van der Waals surface area contributed by atoms with Gasteiger partial charge in [-0.1, -0.05) is 12.1 Å². The van der Waals surface area contributed by atoms with Crippen LogP contribution in [0.2, 0.25) is 0 Å². The van der Waals surface area contributed by atoms with Gasteiger partial charge in [0.05, 0.1) is 7.11 Å². The van der Waals surface area contributed by atoms with Crippen molar-refractivity contribution < 1.29 is 19.4 Å². The number of rotatable bonds is 5. The number of carbonyl (C=O) groups excluding carboxylic acids is 1. The van der Waals surface area contributed by atoms with Crippen molar-refractivity contribution in [3.05, 3.63) is 59.2 Å². The fourth-order valence-electron chi connectivity index (χ4n) is 2.84. The predicted octanol–water partition coefficient (Wildman–Crippen LogP) is 2.26. The Kier molecular flexibility index (Phi) is 5.13. The first-order chi connectivity index (χ1) is 11.7. The summed E-state index contributed by atoms with van der Waals surface area (Å²) in [5.41, 5.74) is 2.69. The van der Waals surface area contributed by atoms with E-state index in [0.29, 0.717) is 18.7 Å². The van der Waals surface area contributed by atoms with Gasteiger partial charge in [0.1, 0.15) is 24.7 Å². The number of benzene rings is 2. The predicted molar refractivity (Wildman–Crippen MR) is 90.5 cm³/mol. The molecule has 3 rings (SSSR count). The zero-order valence-corrected chi connectivity index (χ0v) is 13.7. The van der Waals surface area contributed by atoms with E-state index >= 15 is 0 Å². The number of ether oxygens (including phenoxy) is 2. The first-order valence-corrected chi connectivity index (χ1v) is 7.94. The van der Waals surface area contributed by atoms with Gasteiger partial charge in [-0.25, -0.2) is 0 Å². The number of fused-ring (bicyclic) bond motifs is 1. The van der Waals surface area contributed by atoms with Gasteiger partial charge in [0.2, 0.25) is 0 Å². The minimum absolute atomic E-state index is 0.274. The van der Waals surface area contributed by atoms with Crippen molar-refractivity contribution in [2.75, 3.05) is 26.9 Å². The molecule has 0 aliphatic carbocycles. The molecular formula is C19H21NO4. The Morgan fingerprint density at radius 3 is 2.75 bits per heavy atom. The lowest BCUT2D eigenvalue weighted by molar-refractivity contribution is 0.0903. The molecule has 1 aliphatic heterocycles. The number of aliphatic hydroxyl groups excluding tert-OH is 1. The Hall–Kier alpha value is -2.37. The van der Waals surface area contributed by atoms with Crippen LogP contribution >= 0.6 is 0 Å². The van der Waals surface area contributed by atoms with Crippen LogP contribution < -0.4 is 9.47 Å². The molecule has 0 bridgehead atoms. The van der Waals surface area contributed by atoms with Gasteiger partial charge in [-0.3, -0.25) is 9.69 Å². The van der Waals surface area contributed by atoms with Gasteiger partial charge in [0.25, 0.3) is 0 Å². The summed E-state index contributed by atoms with van der Waals surface area (Å²) in [5, 5.41) is 9.04. The van der Waals surface area contributed by atoms with Crippen LogP contribution in [0.1, 0.15) is 21.5 Å². The molecule has 126 valence electrons. The van der Waals surface area contributed by atoms with Crippen molar-refractivity contribution in [2.24, 2.45) is 0 Å². The number of aliphatic hydroxyl groups is 1. The first-order valence-electron chi connectivity index (χ1n) is 7.94. The highest BCUT2D eigenvalue weighted by Gasteiger charge is 2.17. The van der Waals surface area contributed by atoms with E-state index in [0.717, 1.165) is 30.2 Å². The van der Waals surface area contributed by atoms with Crippen molar-refractivity contribution in [3.8, 4) is 11.5 Å². The van der Waals surface area contributed by atoms with Crippen LogP contribution in [0.15, 0.2) is 42.5 Å².